The van der Waals surface area contributed by atoms with E-state index >= 15 is 0 Å². The Hall–Kier alpha value is -3.13. The summed E-state index contributed by atoms with van der Waals surface area (Å²) in [4.78, 5) is 36.3. The fourth-order valence-electron chi connectivity index (χ4n) is 4.88. The van der Waals surface area contributed by atoms with Crippen molar-refractivity contribution in [2.45, 2.75) is 58.5 Å². The average Bonchev–Trinajstić information content (AvgIpc) is 2.93. The molecular formula is C29H41N5O3. The van der Waals surface area contributed by atoms with Gasteiger partial charge < -0.3 is 19.9 Å². The molecule has 200 valence electrons. The Bertz CT molecular complexity index is 1020. The van der Waals surface area contributed by atoms with Crippen molar-refractivity contribution in [3.8, 4) is 5.75 Å². The highest BCUT2D eigenvalue weighted by Crippen LogP contribution is 2.25. The van der Waals surface area contributed by atoms with Gasteiger partial charge in [0, 0.05) is 63.5 Å². The summed E-state index contributed by atoms with van der Waals surface area (Å²) in [5, 5.41) is 3.05. The lowest BCUT2D eigenvalue weighted by molar-refractivity contribution is -0.131. The van der Waals surface area contributed by atoms with Crippen LogP contribution in [0.2, 0.25) is 0 Å². The third-order valence-electron chi connectivity index (χ3n) is 7.21. The average molecular weight is 508 g/mol. The number of fused-ring (bicyclic) bond motifs is 1. The van der Waals surface area contributed by atoms with Crippen molar-refractivity contribution in [2.24, 2.45) is 0 Å². The van der Waals surface area contributed by atoms with Crippen LogP contribution in [0.3, 0.4) is 0 Å². The van der Waals surface area contributed by atoms with Gasteiger partial charge in [0.2, 0.25) is 11.8 Å². The summed E-state index contributed by atoms with van der Waals surface area (Å²) < 4.78 is 6.16. The first kappa shape index (κ1) is 26.9. The summed E-state index contributed by atoms with van der Waals surface area (Å²) in [5.41, 5.74) is 2.20. The summed E-state index contributed by atoms with van der Waals surface area (Å²) in [7, 11) is 0. The number of aromatic nitrogens is 1. The molecule has 0 radical (unpaired) electrons. The third kappa shape index (κ3) is 7.92. The molecule has 2 amide bonds. The molecule has 2 aromatic rings. The molecule has 1 aromatic heterocycles. The largest absolute Gasteiger partial charge is 0.493 e. The number of nitrogens with one attached hydrogen (secondary N) is 1. The molecule has 0 bridgehead atoms. The van der Waals surface area contributed by atoms with E-state index in [-0.39, 0.29) is 17.9 Å². The van der Waals surface area contributed by atoms with Crippen molar-refractivity contribution >= 4 is 17.6 Å². The number of carbonyl (C=O) groups excluding carboxylic acids is 2. The van der Waals surface area contributed by atoms with Crippen LogP contribution < -0.4 is 15.0 Å². The number of aryl methyl sites for hydroxylation is 1. The van der Waals surface area contributed by atoms with Gasteiger partial charge in [-0.05, 0) is 63.3 Å². The normalized spacial score (nSPS) is 18.2. The summed E-state index contributed by atoms with van der Waals surface area (Å²) >= 11 is 0. The predicted molar refractivity (Wildman–Crippen MR) is 146 cm³/mol. The van der Waals surface area contributed by atoms with Gasteiger partial charge in [-0.1, -0.05) is 18.2 Å². The lowest BCUT2D eigenvalue weighted by Crippen LogP contribution is -2.49. The zero-order valence-corrected chi connectivity index (χ0v) is 22.3. The Labute approximate surface area is 221 Å². The lowest BCUT2D eigenvalue weighted by atomic mass is 10.0. The van der Waals surface area contributed by atoms with Crippen LogP contribution in [0.25, 0.3) is 0 Å². The van der Waals surface area contributed by atoms with Gasteiger partial charge in [0.15, 0.2) is 0 Å². The number of benzene rings is 1. The summed E-state index contributed by atoms with van der Waals surface area (Å²) in [5.74, 6) is 2.12. The molecule has 0 unspecified atom stereocenters. The maximum Gasteiger partial charge on any atom is 0.234 e. The quantitative estimate of drug-likeness (QED) is 0.670. The first-order valence-corrected chi connectivity index (χ1v) is 13.7. The fraction of sp³-hybridized carbons (Fsp3) is 0.552. The number of amides is 2. The van der Waals surface area contributed by atoms with Crippen molar-refractivity contribution in [1.29, 1.82) is 0 Å². The van der Waals surface area contributed by atoms with Crippen LogP contribution in [0.15, 0.2) is 42.6 Å². The number of pyridine rings is 1. The van der Waals surface area contributed by atoms with Crippen LogP contribution in [-0.2, 0) is 22.6 Å². The molecule has 2 aliphatic rings. The highest BCUT2D eigenvalue weighted by atomic mass is 16.5. The second kappa shape index (κ2) is 13.4. The van der Waals surface area contributed by atoms with Crippen LogP contribution in [0.4, 0.5) is 5.82 Å². The van der Waals surface area contributed by atoms with Gasteiger partial charge in [0.1, 0.15) is 11.6 Å². The Kier molecular flexibility index (Phi) is 9.77. The van der Waals surface area contributed by atoms with Gasteiger partial charge in [-0.25, -0.2) is 4.98 Å². The molecule has 0 spiro atoms. The Morgan fingerprint density at radius 1 is 1.05 bits per heavy atom. The Morgan fingerprint density at radius 2 is 1.89 bits per heavy atom. The molecule has 37 heavy (non-hydrogen) atoms. The predicted octanol–water partition coefficient (Wildman–Crippen LogP) is 3.25. The van der Waals surface area contributed by atoms with Crippen molar-refractivity contribution in [1.82, 2.24) is 20.1 Å². The fourth-order valence-corrected chi connectivity index (χ4v) is 4.88. The van der Waals surface area contributed by atoms with Crippen LogP contribution in [0.5, 0.6) is 5.75 Å². The molecule has 3 heterocycles. The van der Waals surface area contributed by atoms with Gasteiger partial charge in [-0.2, -0.15) is 0 Å². The molecule has 8 nitrogen and oxygen atoms in total. The first-order chi connectivity index (χ1) is 18.0. The standard InChI is InChI=1S/C29H41N5O3/c1-23(2)34-21-25-20-24(9-11-26(25)37-19-7-3-5-14-31-28(35)22-34)10-12-29(36)33-17-15-32(16-18-33)27-8-4-6-13-30-27/h4,6,8-9,11,13,20,23H,3,5,7,10,12,14-19,21-22H2,1-2H3,(H,31,35). The van der Waals surface area contributed by atoms with Crippen molar-refractivity contribution < 1.29 is 14.3 Å². The monoisotopic (exact) mass is 507 g/mol. The smallest absolute Gasteiger partial charge is 0.234 e. The minimum atomic E-state index is 0.0697. The van der Waals surface area contributed by atoms with E-state index in [1.807, 2.05) is 35.4 Å². The van der Waals surface area contributed by atoms with Crippen LogP contribution in [0.1, 0.15) is 50.7 Å². The van der Waals surface area contributed by atoms with Crippen LogP contribution in [-0.4, -0.2) is 78.5 Å². The van der Waals surface area contributed by atoms with E-state index in [1.54, 1.807) is 0 Å². The van der Waals surface area contributed by atoms with E-state index in [2.05, 4.69) is 46.1 Å². The van der Waals surface area contributed by atoms with E-state index in [4.69, 9.17) is 4.74 Å². The maximum atomic E-state index is 13.0. The number of nitrogens with zero attached hydrogens (tertiary/aromatic N) is 4. The third-order valence-corrected chi connectivity index (χ3v) is 7.21. The minimum Gasteiger partial charge on any atom is -0.493 e. The van der Waals surface area contributed by atoms with E-state index in [1.165, 1.54) is 0 Å². The number of rotatable bonds is 5. The van der Waals surface area contributed by atoms with Gasteiger partial charge >= 0.3 is 0 Å². The van der Waals surface area contributed by atoms with Crippen molar-refractivity contribution in [3.05, 3.63) is 53.7 Å². The Morgan fingerprint density at radius 3 is 2.65 bits per heavy atom. The number of piperazine rings is 1. The van der Waals surface area contributed by atoms with Gasteiger partial charge in [-0.15, -0.1) is 0 Å². The molecule has 1 aromatic carbocycles. The lowest BCUT2D eigenvalue weighted by Gasteiger charge is -2.35. The van der Waals surface area contributed by atoms with Crippen LogP contribution >= 0.6 is 0 Å². The minimum absolute atomic E-state index is 0.0697. The molecule has 8 heteroatoms. The Balaban J connectivity index is 1.37. The first-order valence-electron chi connectivity index (χ1n) is 13.7. The molecule has 1 fully saturated rings. The van der Waals surface area contributed by atoms with E-state index in [0.29, 0.717) is 39.1 Å². The topological polar surface area (TPSA) is 78.0 Å². The molecular weight excluding hydrogens is 466 g/mol. The number of hydrogen-bond donors (Lipinski definition) is 1. The van der Waals surface area contributed by atoms with Crippen LogP contribution in [0, 0.1) is 0 Å². The molecule has 4 rings (SSSR count). The van der Waals surface area contributed by atoms with Crippen molar-refractivity contribution in [2.75, 3.05) is 50.8 Å². The molecule has 0 saturated carbocycles. The summed E-state index contributed by atoms with van der Waals surface area (Å²) in [6, 6.07) is 12.4. The number of anilines is 1. The summed E-state index contributed by atoms with van der Waals surface area (Å²) in [6.45, 7) is 9.66. The number of ether oxygens (including phenoxy) is 1. The van der Waals surface area contributed by atoms with Gasteiger partial charge in [0.05, 0.1) is 13.2 Å². The van der Waals surface area contributed by atoms with E-state index in [0.717, 1.165) is 68.1 Å². The van der Waals surface area contributed by atoms with E-state index < -0.39 is 0 Å². The molecule has 1 N–H and O–H groups in total. The SMILES string of the molecule is CC(C)N1CC(=O)NCCCCCOc2ccc(CCC(=O)N3CCN(c4ccccn4)CC3)cc2C1. The van der Waals surface area contributed by atoms with Gasteiger partial charge in [0.25, 0.3) is 0 Å². The maximum absolute atomic E-state index is 13.0. The molecule has 0 aliphatic carbocycles. The molecule has 2 aliphatic heterocycles. The molecule has 1 saturated heterocycles. The van der Waals surface area contributed by atoms with Crippen molar-refractivity contribution in [3.63, 3.8) is 0 Å². The molecule has 0 atom stereocenters. The summed E-state index contributed by atoms with van der Waals surface area (Å²) in [6.07, 6.45) is 5.94. The van der Waals surface area contributed by atoms with Gasteiger partial charge in [-0.3, -0.25) is 14.5 Å². The number of hydrogen-bond acceptors (Lipinski definition) is 6. The zero-order valence-electron chi connectivity index (χ0n) is 22.3. The second-order valence-electron chi connectivity index (χ2n) is 10.3. The highest BCUT2D eigenvalue weighted by Gasteiger charge is 2.22. The second-order valence-corrected chi connectivity index (χ2v) is 10.3. The number of carbonyl (C=O) groups is 2. The highest BCUT2D eigenvalue weighted by molar-refractivity contribution is 5.78. The van der Waals surface area contributed by atoms with E-state index in [9.17, 15) is 9.59 Å². The zero-order chi connectivity index (χ0) is 26.0.